The highest BCUT2D eigenvalue weighted by Gasteiger charge is 2.11. The number of aromatic nitrogens is 4. The third-order valence-corrected chi connectivity index (χ3v) is 5.75. The number of nitrogens with zero attached hydrogens (tertiary/aromatic N) is 4. The van der Waals surface area contributed by atoms with E-state index < -0.39 is 0 Å². The van der Waals surface area contributed by atoms with Gasteiger partial charge in [0, 0.05) is 31.0 Å². The van der Waals surface area contributed by atoms with E-state index in [9.17, 15) is 4.79 Å². The van der Waals surface area contributed by atoms with Gasteiger partial charge in [0.1, 0.15) is 17.3 Å². The maximum Gasteiger partial charge on any atom is 0.220 e. The summed E-state index contributed by atoms with van der Waals surface area (Å²) in [5, 5.41) is 19.9. The third kappa shape index (κ3) is 6.39. The summed E-state index contributed by atoms with van der Waals surface area (Å²) >= 11 is 5.94. The van der Waals surface area contributed by atoms with E-state index in [1.165, 1.54) is 0 Å². The number of rotatable bonds is 11. The number of benzene rings is 2. The molecular weight excluding hydrogens is 468 g/mol. The van der Waals surface area contributed by atoms with Crippen LogP contribution in [-0.2, 0) is 24.2 Å². The molecule has 0 saturated carbocycles. The lowest BCUT2D eigenvalue weighted by Crippen LogP contribution is -2.26. The Hall–Kier alpha value is -3.85. The van der Waals surface area contributed by atoms with Gasteiger partial charge in [-0.3, -0.25) is 4.79 Å². The van der Waals surface area contributed by atoms with E-state index in [4.69, 9.17) is 21.1 Å². The van der Waals surface area contributed by atoms with Crippen LogP contribution in [0.1, 0.15) is 23.4 Å². The molecule has 0 radical (unpaired) electrons. The standard InChI is InChI=1S/C25H27ClN6O3/c1-34-20-7-8-21(35-2)18(15-20)13-14-27-25(33)12-11-24-30-29-23-10-9-22(31-32(23)24)28-16-17-3-5-19(26)6-4-17/h3-10,15H,11-14,16H2,1-2H3,(H,27,33)(H,28,31). The fourth-order valence-electron chi connectivity index (χ4n) is 3.61. The molecule has 0 unspecified atom stereocenters. The summed E-state index contributed by atoms with van der Waals surface area (Å²) in [7, 11) is 3.24. The first kappa shape index (κ1) is 24.3. The number of fused-ring (bicyclic) bond motifs is 1. The van der Waals surface area contributed by atoms with Crippen molar-refractivity contribution in [3.05, 3.63) is 76.6 Å². The van der Waals surface area contributed by atoms with Gasteiger partial charge in [0.05, 0.1) is 14.2 Å². The molecule has 2 aromatic heterocycles. The summed E-state index contributed by atoms with van der Waals surface area (Å²) in [6, 6.07) is 16.9. The van der Waals surface area contributed by atoms with Crippen LogP contribution in [0.15, 0.2) is 54.6 Å². The van der Waals surface area contributed by atoms with Crippen LogP contribution in [0.25, 0.3) is 5.65 Å². The molecule has 0 aliphatic heterocycles. The molecule has 182 valence electrons. The highest BCUT2D eigenvalue weighted by atomic mass is 35.5. The molecule has 0 aliphatic rings. The second-order valence-corrected chi connectivity index (χ2v) is 8.30. The number of methoxy groups -OCH3 is 2. The first-order valence-electron chi connectivity index (χ1n) is 11.2. The Kier molecular flexibility index (Phi) is 7.99. The zero-order valence-corrected chi connectivity index (χ0v) is 20.4. The molecule has 2 N–H and O–H groups in total. The summed E-state index contributed by atoms with van der Waals surface area (Å²) in [6.07, 6.45) is 1.33. The maximum absolute atomic E-state index is 12.4. The van der Waals surface area contributed by atoms with Crippen molar-refractivity contribution in [3.63, 3.8) is 0 Å². The van der Waals surface area contributed by atoms with Crippen LogP contribution < -0.4 is 20.1 Å². The SMILES string of the molecule is COc1ccc(OC)c(CCNC(=O)CCc2nnc3ccc(NCc4ccc(Cl)cc4)nn23)c1. The van der Waals surface area contributed by atoms with Crippen LogP contribution in [0.3, 0.4) is 0 Å². The Labute approximate surface area is 208 Å². The van der Waals surface area contributed by atoms with Gasteiger partial charge in [-0.15, -0.1) is 15.3 Å². The molecule has 1 amide bonds. The number of aryl methyl sites for hydroxylation is 1. The monoisotopic (exact) mass is 494 g/mol. The lowest BCUT2D eigenvalue weighted by atomic mass is 10.1. The Morgan fingerprint density at radius 2 is 1.83 bits per heavy atom. The van der Waals surface area contributed by atoms with E-state index in [2.05, 4.69) is 25.9 Å². The Morgan fingerprint density at radius 1 is 1.00 bits per heavy atom. The molecular formula is C25H27ClN6O3. The molecule has 9 nitrogen and oxygen atoms in total. The molecule has 4 rings (SSSR count). The highest BCUT2D eigenvalue weighted by Crippen LogP contribution is 2.24. The van der Waals surface area contributed by atoms with Gasteiger partial charge in [-0.2, -0.15) is 4.52 Å². The van der Waals surface area contributed by atoms with Crippen molar-refractivity contribution >= 4 is 29.0 Å². The second-order valence-electron chi connectivity index (χ2n) is 7.86. The van der Waals surface area contributed by atoms with Crippen LogP contribution in [-0.4, -0.2) is 46.5 Å². The van der Waals surface area contributed by atoms with Crippen molar-refractivity contribution in [3.8, 4) is 11.5 Å². The first-order valence-corrected chi connectivity index (χ1v) is 11.6. The molecule has 2 aromatic carbocycles. The number of hydrogen-bond acceptors (Lipinski definition) is 7. The summed E-state index contributed by atoms with van der Waals surface area (Å²) < 4.78 is 12.3. The topological polar surface area (TPSA) is 103 Å². The average Bonchev–Trinajstić information content (AvgIpc) is 3.29. The number of carbonyl (C=O) groups is 1. The van der Waals surface area contributed by atoms with Gasteiger partial charge in [-0.05, 0) is 60.0 Å². The van der Waals surface area contributed by atoms with Crippen LogP contribution >= 0.6 is 11.6 Å². The van der Waals surface area contributed by atoms with Crippen molar-refractivity contribution in [2.75, 3.05) is 26.1 Å². The van der Waals surface area contributed by atoms with Gasteiger partial charge in [0.25, 0.3) is 0 Å². The summed E-state index contributed by atoms with van der Waals surface area (Å²) in [5.74, 6) is 2.76. The normalized spacial score (nSPS) is 10.8. The van der Waals surface area contributed by atoms with Crippen molar-refractivity contribution in [1.82, 2.24) is 25.1 Å². The van der Waals surface area contributed by atoms with Gasteiger partial charge in [0.2, 0.25) is 5.91 Å². The Balaban J connectivity index is 1.30. The number of hydrogen-bond donors (Lipinski definition) is 2. The molecule has 0 bridgehead atoms. The number of amides is 1. The number of nitrogens with one attached hydrogen (secondary N) is 2. The van der Waals surface area contributed by atoms with E-state index in [1.54, 1.807) is 18.7 Å². The fraction of sp³-hybridized carbons (Fsp3) is 0.280. The third-order valence-electron chi connectivity index (χ3n) is 5.49. The Morgan fingerprint density at radius 3 is 2.60 bits per heavy atom. The molecule has 10 heteroatoms. The average molecular weight is 495 g/mol. The van der Waals surface area contributed by atoms with Crippen LogP contribution in [0.2, 0.25) is 5.02 Å². The van der Waals surface area contributed by atoms with Crippen LogP contribution in [0.5, 0.6) is 11.5 Å². The molecule has 0 spiro atoms. The number of ether oxygens (including phenoxy) is 2. The summed E-state index contributed by atoms with van der Waals surface area (Å²) in [4.78, 5) is 12.4. The first-order chi connectivity index (χ1) is 17.1. The smallest absolute Gasteiger partial charge is 0.220 e. The summed E-state index contributed by atoms with van der Waals surface area (Å²) in [5.41, 5.74) is 2.68. The second kappa shape index (κ2) is 11.5. The number of halogens is 1. The van der Waals surface area contributed by atoms with Crippen molar-refractivity contribution in [1.29, 1.82) is 0 Å². The van der Waals surface area contributed by atoms with Crippen LogP contribution in [0, 0.1) is 0 Å². The van der Waals surface area contributed by atoms with E-state index in [-0.39, 0.29) is 12.3 Å². The molecule has 4 aromatic rings. The predicted molar refractivity (Wildman–Crippen MR) is 134 cm³/mol. The van der Waals surface area contributed by atoms with Gasteiger partial charge in [0.15, 0.2) is 11.5 Å². The quantitative estimate of drug-likeness (QED) is 0.327. The van der Waals surface area contributed by atoms with Crippen molar-refractivity contribution in [2.24, 2.45) is 0 Å². The molecule has 0 fully saturated rings. The number of anilines is 1. The van der Waals surface area contributed by atoms with Crippen LogP contribution in [0.4, 0.5) is 5.82 Å². The van der Waals surface area contributed by atoms with E-state index in [0.717, 1.165) is 22.6 Å². The number of carbonyl (C=O) groups excluding carboxylic acids is 1. The van der Waals surface area contributed by atoms with E-state index in [1.807, 2.05) is 54.6 Å². The van der Waals surface area contributed by atoms with Crippen molar-refractivity contribution in [2.45, 2.75) is 25.8 Å². The Bertz CT molecular complexity index is 1290. The molecule has 2 heterocycles. The largest absolute Gasteiger partial charge is 0.497 e. The highest BCUT2D eigenvalue weighted by molar-refractivity contribution is 6.30. The van der Waals surface area contributed by atoms with Crippen molar-refractivity contribution < 1.29 is 14.3 Å². The minimum Gasteiger partial charge on any atom is -0.497 e. The lowest BCUT2D eigenvalue weighted by molar-refractivity contribution is -0.121. The maximum atomic E-state index is 12.4. The zero-order valence-electron chi connectivity index (χ0n) is 19.6. The minimum absolute atomic E-state index is 0.0689. The molecule has 35 heavy (non-hydrogen) atoms. The predicted octanol–water partition coefficient (Wildman–Crippen LogP) is 3.70. The summed E-state index contributed by atoms with van der Waals surface area (Å²) in [6.45, 7) is 1.09. The minimum atomic E-state index is -0.0689. The van der Waals surface area contributed by atoms with Gasteiger partial charge < -0.3 is 20.1 Å². The zero-order chi connectivity index (χ0) is 24.6. The van der Waals surface area contributed by atoms with Gasteiger partial charge in [-0.1, -0.05) is 23.7 Å². The molecule has 0 atom stereocenters. The fourth-order valence-corrected chi connectivity index (χ4v) is 3.73. The van der Waals surface area contributed by atoms with E-state index >= 15 is 0 Å². The lowest BCUT2D eigenvalue weighted by Gasteiger charge is -2.11. The molecule has 0 aliphatic carbocycles. The van der Waals surface area contributed by atoms with Gasteiger partial charge in [-0.25, -0.2) is 0 Å². The van der Waals surface area contributed by atoms with Gasteiger partial charge >= 0.3 is 0 Å². The van der Waals surface area contributed by atoms with E-state index in [0.29, 0.717) is 48.2 Å². The molecule has 0 saturated heterocycles.